The zero-order chi connectivity index (χ0) is 97.3. The predicted octanol–water partition coefficient (Wildman–Crippen LogP) is 19.1. The smallest absolute Gasteiger partial charge is 0.346 e. The van der Waals surface area contributed by atoms with E-state index in [0.717, 1.165) is 165 Å². The predicted molar refractivity (Wildman–Crippen MR) is 562 cm³/mol. The Kier molecular flexibility index (Phi) is 37.2. The van der Waals surface area contributed by atoms with Gasteiger partial charge in [0.25, 0.3) is 39.7 Å². The minimum atomic E-state index is -3.95. The van der Waals surface area contributed by atoms with Crippen LogP contribution >= 0.6 is 0 Å². The summed E-state index contributed by atoms with van der Waals surface area (Å²) in [5.41, 5.74) is 15.2. The van der Waals surface area contributed by atoms with Crippen molar-refractivity contribution in [1.82, 2.24) is 32.3 Å². The van der Waals surface area contributed by atoms with E-state index in [1.54, 1.807) is 62.7 Å². The lowest BCUT2D eigenvalue weighted by atomic mass is 9.65. The molecule has 0 radical (unpaired) electrons. The van der Waals surface area contributed by atoms with Crippen LogP contribution in [0.25, 0.3) is 20.1 Å². The number of sulfonamides is 2. The van der Waals surface area contributed by atoms with Crippen LogP contribution in [0.15, 0.2) is 152 Å². The Balaban J connectivity index is 0.000000191. The second kappa shape index (κ2) is 47.2. The summed E-state index contributed by atoms with van der Waals surface area (Å²) >= 11 is 0. The zero-order valence-corrected chi connectivity index (χ0v) is 82.5. The van der Waals surface area contributed by atoms with E-state index in [1.807, 2.05) is 97.5 Å². The fraction of sp³-hybridized carbons (Fsp3) is 0.533. The van der Waals surface area contributed by atoms with Crippen LogP contribution in [0.4, 0.5) is 55.3 Å². The number of nitrogens with one attached hydrogen (secondary N) is 5. The Hall–Kier alpha value is -11.8. The van der Waals surface area contributed by atoms with E-state index in [9.17, 15) is 54.0 Å². The minimum absolute atomic E-state index is 0. The molecule has 32 nitrogen and oxygen atoms in total. The topological polar surface area (TPSA) is 345 Å². The number of furan rings is 1. The van der Waals surface area contributed by atoms with Crippen LogP contribution in [0.1, 0.15) is 249 Å². The van der Waals surface area contributed by atoms with Gasteiger partial charge in [-0.1, -0.05) is 146 Å². The van der Waals surface area contributed by atoms with Gasteiger partial charge in [-0.05, 0) is 201 Å². The molecule has 5 N–H and O–H groups in total. The van der Waals surface area contributed by atoms with Gasteiger partial charge < -0.3 is 64.8 Å². The number of aliphatic imine (C=N–C) groups is 2. The lowest BCUT2D eigenvalue weighted by Gasteiger charge is -2.40. The molecule has 3 aliphatic carbocycles. The molecule has 1 spiro atoms. The fourth-order valence-corrected chi connectivity index (χ4v) is 26.0. The number of allylic oxidation sites excluding steroid dienone is 7. The molecule has 4 aromatic carbocycles. The third-order valence-corrected chi connectivity index (χ3v) is 34.5. The first-order valence-electron chi connectivity index (χ1n) is 47.6. The van der Waals surface area contributed by atoms with Crippen molar-refractivity contribution in [2.24, 2.45) is 32.7 Å². The molecule has 35 heteroatoms. The summed E-state index contributed by atoms with van der Waals surface area (Å²) in [4.78, 5) is 108. The highest BCUT2D eigenvalue weighted by atomic mass is 32.3. The molecule has 0 bridgehead atoms. The van der Waals surface area contributed by atoms with Crippen LogP contribution in [0.2, 0.25) is 0 Å². The van der Waals surface area contributed by atoms with E-state index >= 15 is 0 Å². The summed E-state index contributed by atoms with van der Waals surface area (Å²) in [5, 5.41) is 12.1. The Morgan fingerprint density at radius 1 is 0.493 bits per heavy atom. The Morgan fingerprint density at radius 2 is 0.936 bits per heavy atom. The fourth-order valence-electron chi connectivity index (χ4n) is 20.3. The first kappa shape index (κ1) is 110. The normalized spacial score (nSPS) is 21.0. The molecule has 7 saturated heterocycles. The number of hydrogen-bond donors (Lipinski definition) is 5. The average molecular weight is 1980 g/mol. The van der Waals surface area contributed by atoms with Crippen molar-refractivity contribution in [2.45, 2.75) is 211 Å². The number of carbonyl (C=O) groups excluding carboxylic acids is 6. The summed E-state index contributed by atoms with van der Waals surface area (Å²) in [6, 6.07) is 26.9. The van der Waals surface area contributed by atoms with E-state index in [0.29, 0.717) is 128 Å². The van der Waals surface area contributed by atoms with E-state index in [1.165, 1.54) is 44.2 Å². The number of urea groups is 2. The van der Waals surface area contributed by atoms with Gasteiger partial charge in [0.05, 0.1) is 58.8 Å². The largest absolute Gasteiger partial charge is 0.475 e. The van der Waals surface area contributed by atoms with Crippen molar-refractivity contribution in [3.63, 3.8) is 0 Å². The van der Waals surface area contributed by atoms with Crippen LogP contribution in [0, 0.1) is 42.4 Å². The molecule has 12 aliphatic rings. The van der Waals surface area contributed by atoms with Gasteiger partial charge in [0.2, 0.25) is 20.0 Å². The highest BCUT2D eigenvalue weighted by molar-refractivity contribution is 8.05. The summed E-state index contributed by atoms with van der Waals surface area (Å²) in [5.74, 6) is -0.0530. The van der Waals surface area contributed by atoms with Gasteiger partial charge in [-0.25, -0.2) is 31.3 Å². The molecule has 17 rings (SSSR count). The number of benzene rings is 4. The molecule has 756 valence electrons. The summed E-state index contributed by atoms with van der Waals surface area (Å²) in [6.07, 6.45) is 26.3. The first-order valence-corrected chi connectivity index (χ1v) is 52.3. The van der Waals surface area contributed by atoms with Gasteiger partial charge in [0.1, 0.15) is 5.71 Å². The van der Waals surface area contributed by atoms with Crippen molar-refractivity contribution in [2.75, 3.05) is 167 Å². The third kappa shape index (κ3) is 26.7. The minimum Gasteiger partial charge on any atom is -0.475 e. The van der Waals surface area contributed by atoms with Crippen molar-refractivity contribution < 1.29 is 58.4 Å². The van der Waals surface area contributed by atoms with Gasteiger partial charge >= 0.3 is 17.9 Å². The summed E-state index contributed by atoms with van der Waals surface area (Å²) in [7, 11) is -3.98. The molecule has 140 heavy (non-hydrogen) atoms. The number of hydrogen-bond acceptors (Lipinski definition) is 18. The molecule has 0 unspecified atom stereocenters. The van der Waals surface area contributed by atoms with Crippen LogP contribution in [0.3, 0.4) is 0 Å². The average Bonchev–Trinajstić information content (AvgIpc) is 0.816. The maximum absolute atomic E-state index is 13.0. The van der Waals surface area contributed by atoms with Gasteiger partial charge in [-0.3, -0.25) is 24.2 Å². The molecular formula is C105H145N19O13S3. The highest BCUT2D eigenvalue weighted by Crippen LogP contribution is 2.50. The summed E-state index contributed by atoms with van der Waals surface area (Å²) < 4.78 is 84.7. The number of amides is 8. The first-order chi connectivity index (χ1) is 64.8. The number of likely N-dealkylation sites (N-methyl/N-ethyl adjacent to an activating group) is 6. The molecule has 10 heterocycles. The Morgan fingerprint density at radius 3 is 1.36 bits per heavy atom. The van der Waals surface area contributed by atoms with Crippen molar-refractivity contribution in [1.29, 1.82) is 0 Å². The molecule has 1 aromatic heterocycles. The molecule has 8 fully saturated rings. The molecule has 1 saturated carbocycles. The van der Waals surface area contributed by atoms with Crippen molar-refractivity contribution >= 4 is 129 Å². The van der Waals surface area contributed by atoms with Gasteiger partial charge in [-0.15, -0.1) is 9.12 Å². The van der Waals surface area contributed by atoms with Crippen LogP contribution in [-0.2, 0) is 44.6 Å². The van der Waals surface area contributed by atoms with Crippen molar-refractivity contribution in [3.8, 4) is 0 Å². The standard InChI is InChI=1S/C27H31N3O5S2.C25H37N5O3S.C25H31N5O3.C24H30N6O2.4CH4/c1-28-23-7-5-21(15-23)26(31)29-25-8-6-20(22-17-36(32,33)30-37(34,35)18-22)16-24(25)19-9-13-27(14-10-19)11-3-2-4-12-27;1-5-29-16-21(17-30(6-2)34(29,32)33)20-8-10-22(27-25(31)23-9-7-19(4)26-23)24(15-20)28-13-11-18(3)12-14-28;1-25(2)10-12-30(13-11-25)20-14-17(18-15-28(4)24(32)29(5)16-18)6-7-19(20)27-23(31)21-8-9-22(26-3)33-21;1-16-9-11-30(12-10-16)21-13-17(18-14-28(3)24(32)29(4)15-18)5-6-19(21)27-23(31)20-7-8-22(25-2)26-20;;;;/h6-9,15-16,22,30H,2-5,10-14,17-18H2,(H,29,31);7-8,10,15,18,21H,5-6,9,11-14,16-17H2,1-4H3,(H,27,31);6-9,14,18H,10-13,15-16H2,1-2,4-5H3,(H,27,31);5-6,8,13,16,18H,7,9-12,14-15H2,1,3-4H3,(H,27,31);4*1H4. The molecular weight excluding hydrogens is 1830 g/mol. The van der Waals surface area contributed by atoms with Crippen LogP contribution < -0.4 is 40.1 Å². The van der Waals surface area contributed by atoms with Gasteiger partial charge in [0, 0.05) is 179 Å². The Labute approximate surface area is 831 Å². The zero-order valence-electron chi connectivity index (χ0n) is 80.1. The van der Waals surface area contributed by atoms with Crippen LogP contribution in [-0.4, -0.2) is 232 Å². The third-order valence-electron chi connectivity index (χ3n) is 28.7. The second-order valence-electron chi connectivity index (χ2n) is 39.3. The van der Waals surface area contributed by atoms with E-state index in [2.05, 4.69) is 112 Å². The molecule has 5 aromatic rings. The molecule has 8 amide bonds. The number of carbonyl (C=O) groups is 6. The van der Waals surface area contributed by atoms with E-state index in [4.69, 9.17) is 24.1 Å². The van der Waals surface area contributed by atoms with Crippen molar-refractivity contribution in [3.05, 3.63) is 206 Å². The Bertz CT molecular complexity index is 6060. The number of anilines is 7. The number of piperidine rings is 3. The maximum atomic E-state index is 13.0. The second-order valence-corrected chi connectivity index (χ2v) is 45.0. The summed E-state index contributed by atoms with van der Waals surface area (Å²) in [6.45, 7) is 46.2. The lowest BCUT2D eigenvalue weighted by molar-refractivity contribution is -0.113. The maximum Gasteiger partial charge on any atom is 0.346 e. The van der Waals surface area contributed by atoms with E-state index in [-0.39, 0.29) is 112 Å². The van der Waals surface area contributed by atoms with Gasteiger partial charge in [0.15, 0.2) is 17.2 Å². The SMILES string of the molecule is C.C.C.C.CCN1CC(c2ccc(NC(=O)C3=NC(C)=CC3)c(N3CCC(C)CC3)c2)CN(CC)S1(=O)=O.[C-]#[N+]C1=CCC(C(=O)Nc2ccc(C3CN(C)C(=O)N(C)C3)cc2N2CCC(C)CC2)=N1.[C-]#[N+]C1=CCC(C(=O)Nc2ccc(C3CS(=O)(=O)NS(=O)(=O)C3)cc2C2=CCC3(CCCCC3)CC2)=C1.[C-]#[N+]c1ccc(C(=O)Nc2ccc(C3CN(C)C(=O)N(C)C3)cc2N2CCC(C)(C)CC2)o1. The van der Waals surface area contributed by atoms with E-state index < -0.39 is 36.2 Å². The molecule has 0 atom stereocenters. The monoisotopic (exact) mass is 1980 g/mol. The lowest BCUT2D eigenvalue weighted by Crippen LogP contribution is -2.52. The van der Waals surface area contributed by atoms with Crippen LogP contribution in [0.5, 0.6) is 0 Å². The highest BCUT2D eigenvalue weighted by Gasteiger charge is 2.42. The quantitative estimate of drug-likeness (QED) is 0.0509. The number of nitrogens with zero attached hydrogens (tertiary/aromatic N) is 14. The molecule has 9 aliphatic heterocycles. The number of rotatable bonds is 18. The van der Waals surface area contributed by atoms with Gasteiger partial charge in [-0.2, -0.15) is 21.9 Å².